The van der Waals surface area contributed by atoms with Gasteiger partial charge in [0, 0.05) is 13.1 Å². The standard InChI is InChI=1S/C19H20N4O2/c24-18-14-4-1-2-5-15(14)21-17(23(18)12-13-7-8-13)16-6-3-10-22(16)19-20-9-11-25-19/h1-2,4-5,9,11,13,16H,3,6-8,10,12H2. The van der Waals surface area contributed by atoms with Gasteiger partial charge >= 0.3 is 0 Å². The minimum Gasteiger partial charge on any atom is -0.432 e. The van der Waals surface area contributed by atoms with Crippen molar-refractivity contribution in [3.8, 4) is 0 Å². The Morgan fingerprint density at radius 1 is 1.20 bits per heavy atom. The number of para-hydroxylation sites is 1. The minimum atomic E-state index is 0.0368. The van der Waals surface area contributed by atoms with E-state index in [1.165, 1.54) is 12.8 Å². The number of rotatable bonds is 4. The molecular weight excluding hydrogens is 316 g/mol. The maximum absolute atomic E-state index is 13.1. The van der Waals surface area contributed by atoms with Crippen LogP contribution in [0.3, 0.4) is 0 Å². The molecule has 3 aromatic rings. The van der Waals surface area contributed by atoms with E-state index in [0.29, 0.717) is 17.3 Å². The smallest absolute Gasteiger partial charge is 0.297 e. The van der Waals surface area contributed by atoms with Gasteiger partial charge in [0.15, 0.2) is 0 Å². The molecular formula is C19H20N4O2. The molecule has 1 saturated heterocycles. The Labute approximate surface area is 145 Å². The predicted octanol–water partition coefficient (Wildman–Crippen LogP) is 3.14. The number of anilines is 1. The lowest BCUT2D eigenvalue weighted by molar-refractivity contribution is 0.491. The quantitative estimate of drug-likeness (QED) is 0.732. The van der Waals surface area contributed by atoms with Crippen LogP contribution in [0.4, 0.5) is 6.01 Å². The molecule has 1 saturated carbocycles. The highest BCUT2D eigenvalue weighted by atomic mass is 16.4. The number of benzene rings is 1. The summed E-state index contributed by atoms with van der Waals surface area (Å²) in [5.74, 6) is 1.46. The first kappa shape index (κ1) is 14.7. The van der Waals surface area contributed by atoms with Crippen molar-refractivity contribution in [3.63, 3.8) is 0 Å². The number of hydrogen-bond donors (Lipinski definition) is 0. The van der Waals surface area contributed by atoms with E-state index in [9.17, 15) is 4.79 Å². The van der Waals surface area contributed by atoms with Crippen molar-refractivity contribution in [2.45, 2.75) is 38.3 Å². The molecule has 0 bridgehead atoms. The molecule has 1 aliphatic heterocycles. The summed E-state index contributed by atoms with van der Waals surface area (Å²) in [6.07, 6.45) is 7.66. The third-order valence-electron chi connectivity index (χ3n) is 5.24. The van der Waals surface area contributed by atoms with Crippen LogP contribution in [0.15, 0.2) is 45.9 Å². The third kappa shape index (κ3) is 2.52. The third-order valence-corrected chi connectivity index (χ3v) is 5.24. The Morgan fingerprint density at radius 3 is 2.88 bits per heavy atom. The van der Waals surface area contributed by atoms with Crippen molar-refractivity contribution in [1.29, 1.82) is 0 Å². The lowest BCUT2D eigenvalue weighted by atomic mass is 10.1. The molecule has 0 N–H and O–H groups in total. The summed E-state index contributed by atoms with van der Waals surface area (Å²) in [5.41, 5.74) is 0.848. The maximum atomic E-state index is 13.1. The van der Waals surface area contributed by atoms with Gasteiger partial charge in [-0.05, 0) is 43.7 Å². The summed E-state index contributed by atoms with van der Waals surface area (Å²) in [4.78, 5) is 24.5. The van der Waals surface area contributed by atoms with E-state index < -0.39 is 0 Å². The number of oxazole rings is 1. The molecule has 0 amide bonds. The highest BCUT2D eigenvalue weighted by Gasteiger charge is 2.34. The average Bonchev–Trinajstić information content (AvgIpc) is 3.11. The van der Waals surface area contributed by atoms with Gasteiger partial charge in [-0.25, -0.2) is 9.97 Å². The Balaban J connectivity index is 1.67. The zero-order valence-electron chi connectivity index (χ0n) is 14.0. The molecule has 1 unspecified atom stereocenters. The molecule has 0 radical (unpaired) electrons. The number of aromatic nitrogens is 3. The molecule has 25 heavy (non-hydrogen) atoms. The first-order valence-electron chi connectivity index (χ1n) is 8.97. The van der Waals surface area contributed by atoms with Crippen LogP contribution in [0.2, 0.25) is 0 Å². The highest BCUT2D eigenvalue weighted by Crippen LogP contribution is 2.36. The molecule has 2 aromatic heterocycles. The first-order valence-corrected chi connectivity index (χ1v) is 8.97. The van der Waals surface area contributed by atoms with Crippen molar-refractivity contribution in [2.75, 3.05) is 11.4 Å². The Hall–Kier alpha value is -2.63. The second-order valence-corrected chi connectivity index (χ2v) is 7.01. The molecule has 1 atom stereocenters. The molecule has 128 valence electrons. The van der Waals surface area contributed by atoms with Crippen LogP contribution >= 0.6 is 0 Å². The molecule has 6 nitrogen and oxygen atoms in total. The summed E-state index contributed by atoms with van der Waals surface area (Å²) in [5, 5.41) is 0.701. The largest absolute Gasteiger partial charge is 0.432 e. The highest BCUT2D eigenvalue weighted by molar-refractivity contribution is 5.77. The molecule has 3 heterocycles. The Bertz CT molecular complexity index is 959. The summed E-state index contributed by atoms with van der Waals surface area (Å²) < 4.78 is 7.43. The van der Waals surface area contributed by atoms with Crippen molar-refractivity contribution < 1.29 is 4.42 Å². The van der Waals surface area contributed by atoms with Gasteiger partial charge in [0.05, 0.1) is 23.1 Å². The molecule has 6 heteroatoms. The van der Waals surface area contributed by atoms with Crippen molar-refractivity contribution in [3.05, 3.63) is 52.9 Å². The first-order chi connectivity index (χ1) is 12.3. The van der Waals surface area contributed by atoms with Crippen molar-refractivity contribution in [2.24, 2.45) is 5.92 Å². The van der Waals surface area contributed by atoms with Crippen LogP contribution in [0.1, 0.15) is 37.5 Å². The second-order valence-electron chi connectivity index (χ2n) is 7.01. The molecule has 1 aromatic carbocycles. The van der Waals surface area contributed by atoms with Gasteiger partial charge in [-0.3, -0.25) is 9.36 Å². The van der Waals surface area contributed by atoms with E-state index in [1.54, 1.807) is 12.5 Å². The zero-order valence-corrected chi connectivity index (χ0v) is 14.0. The summed E-state index contributed by atoms with van der Waals surface area (Å²) in [7, 11) is 0. The van der Waals surface area contributed by atoms with Crippen LogP contribution in [0.5, 0.6) is 0 Å². The van der Waals surface area contributed by atoms with E-state index in [-0.39, 0.29) is 11.6 Å². The van der Waals surface area contributed by atoms with Gasteiger partial charge in [-0.2, -0.15) is 0 Å². The lowest BCUT2D eigenvalue weighted by Gasteiger charge is -2.25. The van der Waals surface area contributed by atoms with Gasteiger partial charge in [0.25, 0.3) is 11.6 Å². The average molecular weight is 336 g/mol. The van der Waals surface area contributed by atoms with E-state index in [0.717, 1.165) is 37.3 Å². The molecule has 2 aliphatic rings. The summed E-state index contributed by atoms with van der Waals surface area (Å²) in [6, 6.07) is 8.29. The van der Waals surface area contributed by atoms with Crippen LogP contribution in [-0.2, 0) is 6.54 Å². The topological polar surface area (TPSA) is 64.2 Å². The molecule has 2 fully saturated rings. The van der Waals surface area contributed by atoms with Gasteiger partial charge in [-0.1, -0.05) is 12.1 Å². The fourth-order valence-electron chi connectivity index (χ4n) is 3.80. The molecule has 5 rings (SSSR count). The van der Waals surface area contributed by atoms with Gasteiger partial charge in [0.2, 0.25) is 0 Å². The summed E-state index contributed by atoms with van der Waals surface area (Å²) >= 11 is 0. The van der Waals surface area contributed by atoms with Crippen molar-refractivity contribution in [1.82, 2.24) is 14.5 Å². The van der Waals surface area contributed by atoms with Crippen LogP contribution in [-0.4, -0.2) is 21.1 Å². The number of fused-ring (bicyclic) bond motifs is 1. The number of hydrogen-bond acceptors (Lipinski definition) is 5. The van der Waals surface area contributed by atoms with Crippen LogP contribution in [0.25, 0.3) is 10.9 Å². The van der Waals surface area contributed by atoms with E-state index in [4.69, 9.17) is 9.40 Å². The fourth-order valence-corrected chi connectivity index (χ4v) is 3.80. The van der Waals surface area contributed by atoms with Gasteiger partial charge in [0.1, 0.15) is 12.1 Å². The van der Waals surface area contributed by atoms with E-state index in [1.807, 2.05) is 28.8 Å². The zero-order chi connectivity index (χ0) is 16.8. The molecule has 1 aliphatic carbocycles. The maximum Gasteiger partial charge on any atom is 0.297 e. The monoisotopic (exact) mass is 336 g/mol. The van der Waals surface area contributed by atoms with Crippen LogP contribution < -0.4 is 10.5 Å². The minimum absolute atomic E-state index is 0.0368. The number of nitrogens with zero attached hydrogens (tertiary/aromatic N) is 4. The van der Waals surface area contributed by atoms with E-state index >= 15 is 0 Å². The Morgan fingerprint density at radius 2 is 2.08 bits per heavy atom. The SMILES string of the molecule is O=c1c2ccccc2nc(C2CCCN2c2ncco2)n1CC1CC1. The lowest BCUT2D eigenvalue weighted by Crippen LogP contribution is -2.33. The van der Waals surface area contributed by atoms with Crippen molar-refractivity contribution >= 4 is 16.9 Å². The van der Waals surface area contributed by atoms with Gasteiger partial charge < -0.3 is 9.32 Å². The Kier molecular flexibility index (Phi) is 3.36. The normalized spacial score (nSPS) is 20.5. The summed E-state index contributed by atoms with van der Waals surface area (Å²) in [6.45, 7) is 1.64. The molecule has 0 spiro atoms. The predicted molar refractivity (Wildman–Crippen MR) is 94.6 cm³/mol. The van der Waals surface area contributed by atoms with E-state index in [2.05, 4.69) is 9.88 Å². The van der Waals surface area contributed by atoms with Gasteiger partial charge in [-0.15, -0.1) is 0 Å². The van der Waals surface area contributed by atoms with Crippen LogP contribution in [0, 0.1) is 5.92 Å². The fraction of sp³-hybridized carbons (Fsp3) is 0.421. The second kappa shape index (κ2) is 5.72.